The maximum Gasteiger partial charge on any atom is 0.322 e. The SMILES string of the molecule is Cn1cc(NC(=O)N2CC[C@H](Nc3ccc4nccn4n3)C2)cn1. The number of aromatic nitrogens is 5. The zero-order valence-corrected chi connectivity index (χ0v) is 13.3. The first-order valence-corrected chi connectivity index (χ1v) is 7.79. The van der Waals surface area contributed by atoms with Gasteiger partial charge in [0.15, 0.2) is 5.65 Å². The molecule has 0 bridgehead atoms. The number of carbonyl (C=O) groups excluding carboxylic acids is 1. The summed E-state index contributed by atoms with van der Waals surface area (Å²) in [5, 5.41) is 14.7. The van der Waals surface area contributed by atoms with Crippen LogP contribution in [0.2, 0.25) is 0 Å². The van der Waals surface area contributed by atoms with Gasteiger partial charge >= 0.3 is 6.03 Å². The lowest BCUT2D eigenvalue weighted by atomic mass is 10.2. The van der Waals surface area contributed by atoms with Gasteiger partial charge in [-0.25, -0.2) is 14.3 Å². The molecule has 1 aliphatic heterocycles. The highest BCUT2D eigenvalue weighted by atomic mass is 16.2. The molecule has 9 nitrogen and oxygen atoms in total. The highest BCUT2D eigenvalue weighted by Gasteiger charge is 2.26. The minimum absolute atomic E-state index is 0.106. The Labute approximate surface area is 138 Å². The van der Waals surface area contributed by atoms with Crippen LogP contribution in [-0.4, -0.2) is 54.4 Å². The van der Waals surface area contributed by atoms with E-state index in [0.717, 1.165) is 17.9 Å². The lowest BCUT2D eigenvalue weighted by Crippen LogP contribution is -2.35. The number of carbonyl (C=O) groups is 1. The molecule has 124 valence electrons. The standard InChI is InChI=1S/C15H18N8O/c1-21-9-12(8-17-21)19-15(24)22-6-4-11(10-22)18-13-2-3-14-16-5-7-23(14)20-13/h2-3,5,7-9,11H,4,6,10H2,1H3,(H,18,20)(H,19,24)/t11-/m0/s1. The van der Waals surface area contributed by atoms with Crippen LogP contribution in [0.5, 0.6) is 0 Å². The summed E-state index contributed by atoms with van der Waals surface area (Å²) in [5.74, 6) is 0.778. The van der Waals surface area contributed by atoms with Crippen LogP contribution >= 0.6 is 0 Å². The second kappa shape index (κ2) is 5.84. The van der Waals surface area contributed by atoms with Gasteiger partial charge in [0.2, 0.25) is 0 Å². The summed E-state index contributed by atoms with van der Waals surface area (Å²) in [6.07, 6.45) is 7.81. The average Bonchev–Trinajstić information content (AvgIpc) is 3.28. The topological polar surface area (TPSA) is 92.4 Å². The maximum absolute atomic E-state index is 12.3. The molecule has 9 heteroatoms. The van der Waals surface area contributed by atoms with Crippen molar-refractivity contribution in [2.24, 2.45) is 7.05 Å². The molecular weight excluding hydrogens is 308 g/mol. The molecule has 2 amide bonds. The Bertz CT molecular complexity index is 869. The van der Waals surface area contributed by atoms with Gasteiger partial charge < -0.3 is 15.5 Å². The van der Waals surface area contributed by atoms with Crippen molar-refractivity contribution >= 4 is 23.2 Å². The summed E-state index contributed by atoms with van der Waals surface area (Å²) in [6.45, 7) is 1.34. The minimum Gasteiger partial charge on any atom is -0.364 e. The van der Waals surface area contributed by atoms with Crippen LogP contribution in [0, 0.1) is 0 Å². The molecule has 0 aliphatic carbocycles. The number of nitrogens with one attached hydrogen (secondary N) is 2. The molecule has 0 radical (unpaired) electrons. The molecule has 1 aliphatic rings. The molecule has 0 saturated carbocycles. The number of aryl methyl sites for hydroxylation is 1. The smallest absolute Gasteiger partial charge is 0.322 e. The lowest BCUT2D eigenvalue weighted by Gasteiger charge is -2.17. The summed E-state index contributed by atoms with van der Waals surface area (Å²) in [7, 11) is 1.82. The van der Waals surface area contributed by atoms with Crippen molar-refractivity contribution in [3.63, 3.8) is 0 Å². The molecule has 24 heavy (non-hydrogen) atoms. The summed E-state index contributed by atoms with van der Waals surface area (Å²) in [4.78, 5) is 18.2. The van der Waals surface area contributed by atoms with Crippen LogP contribution in [0.15, 0.2) is 36.9 Å². The van der Waals surface area contributed by atoms with E-state index in [1.807, 2.05) is 25.4 Å². The molecule has 1 fully saturated rings. The minimum atomic E-state index is -0.106. The number of fused-ring (bicyclic) bond motifs is 1. The van der Waals surface area contributed by atoms with E-state index in [-0.39, 0.29) is 12.1 Å². The normalized spacial score (nSPS) is 17.4. The third-order valence-corrected chi connectivity index (χ3v) is 4.04. The molecule has 1 atom stereocenters. The fraction of sp³-hybridized carbons (Fsp3) is 0.333. The molecule has 3 aromatic heterocycles. The number of amides is 2. The van der Waals surface area contributed by atoms with Crippen LogP contribution in [-0.2, 0) is 7.05 Å². The molecule has 0 aromatic carbocycles. The number of anilines is 2. The molecule has 0 spiro atoms. The molecule has 2 N–H and O–H groups in total. The number of likely N-dealkylation sites (tertiary alicyclic amines) is 1. The number of hydrogen-bond acceptors (Lipinski definition) is 5. The van der Waals surface area contributed by atoms with Crippen LogP contribution in [0.4, 0.5) is 16.3 Å². The van der Waals surface area contributed by atoms with E-state index in [2.05, 4.69) is 25.8 Å². The molecule has 1 saturated heterocycles. The van der Waals surface area contributed by atoms with Crippen molar-refractivity contribution in [1.82, 2.24) is 29.3 Å². The van der Waals surface area contributed by atoms with E-state index < -0.39 is 0 Å². The van der Waals surface area contributed by atoms with Gasteiger partial charge in [0.25, 0.3) is 0 Å². The highest BCUT2D eigenvalue weighted by molar-refractivity contribution is 5.89. The second-order valence-corrected chi connectivity index (χ2v) is 5.86. The van der Waals surface area contributed by atoms with Gasteiger partial charge in [0.05, 0.1) is 11.9 Å². The Morgan fingerprint density at radius 1 is 1.38 bits per heavy atom. The van der Waals surface area contributed by atoms with Crippen LogP contribution in [0.25, 0.3) is 5.65 Å². The van der Waals surface area contributed by atoms with Gasteiger partial charge in [0.1, 0.15) is 5.82 Å². The fourth-order valence-corrected chi connectivity index (χ4v) is 2.85. The zero-order chi connectivity index (χ0) is 16.5. The summed E-state index contributed by atoms with van der Waals surface area (Å²) in [6, 6.07) is 3.89. The second-order valence-electron chi connectivity index (χ2n) is 5.86. The molecular formula is C15H18N8O. The number of urea groups is 1. The molecule has 3 aromatic rings. The van der Waals surface area contributed by atoms with E-state index in [1.165, 1.54) is 0 Å². The third kappa shape index (κ3) is 2.87. The van der Waals surface area contributed by atoms with Crippen molar-refractivity contribution in [2.75, 3.05) is 23.7 Å². The highest BCUT2D eigenvalue weighted by Crippen LogP contribution is 2.16. The number of hydrogen-bond donors (Lipinski definition) is 2. The molecule has 4 rings (SSSR count). The van der Waals surface area contributed by atoms with Gasteiger partial charge in [-0.15, -0.1) is 5.10 Å². The quantitative estimate of drug-likeness (QED) is 0.754. The first-order valence-electron chi connectivity index (χ1n) is 7.79. The lowest BCUT2D eigenvalue weighted by molar-refractivity contribution is 0.222. The van der Waals surface area contributed by atoms with E-state index in [0.29, 0.717) is 18.8 Å². The summed E-state index contributed by atoms with van der Waals surface area (Å²) in [5.41, 5.74) is 1.51. The Hall–Kier alpha value is -3.10. The van der Waals surface area contributed by atoms with Crippen LogP contribution < -0.4 is 10.6 Å². The van der Waals surface area contributed by atoms with Gasteiger partial charge in [-0.3, -0.25) is 4.68 Å². The van der Waals surface area contributed by atoms with Crippen molar-refractivity contribution in [3.8, 4) is 0 Å². The van der Waals surface area contributed by atoms with Gasteiger partial charge in [-0.1, -0.05) is 0 Å². The Morgan fingerprint density at radius 3 is 3.12 bits per heavy atom. The van der Waals surface area contributed by atoms with Crippen molar-refractivity contribution in [1.29, 1.82) is 0 Å². The molecule has 4 heterocycles. The predicted molar refractivity (Wildman–Crippen MR) is 88.8 cm³/mol. The number of rotatable bonds is 3. The van der Waals surface area contributed by atoms with E-state index in [1.54, 1.807) is 32.7 Å². The van der Waals surface area contributed by atoms with E-state index in [4.69, 9.17) is 0 Å². The monoisotopic (exact) mass is 326 g/mol. The van der Waals surface area contributed by atoms with E-state index in [9.17, 15) is 4.79 Å². The van der Waals surface area contributed by atoms with Gasteiger partial charge in [0, 0.05) is 44.8 Å². The largest absolute Gasteiger partial charge is 0.364 e. The first-order chi connectivity index (χ1) is 11.7. The van der Waals surface area contributed by atoms with Crippen molar-refractivity contribution < 1.29 is 4.79 Å². The van der Waals surface area contributed by atoms with Crippen LogP contribution in [0.1, 0.15) is 6.42 Å². The average molecular weight is 326 g/mol. The Kier molecular flexibility index (Phi) is 3.52. The Morgan fingerprint density at radius 2 is 2.29 bits per heavy atom. The number of imidazole rings is 1. The van der Waals surface area contributed by atoms with Gasteiger partial charge in [-0.05, 0) is 18.6 Å². The number of nitrogens with zero attached hydrogens (tertiary/aromatic N) is 6. The fourth-order valence-electron chi connectivity index (χ4n) is 2.85. The third-order valence-electron chi connectivity index (χ3n) is 4.04. The van der Waals surface area contributed by atoms with Crippen molar-refractivity contribution in [2.45, 2.75) is 12.5 Å². The summed E-state index contributed by atoms with van der Waals surface area (Å²) >= 11 is 0. The van der Waals surface area contributed by atoms with Crippen molar-refractivity contribution in [3.05, 3.63) is 36.9 Å². The summed E-state index contributed by atoms with van der Waals surface area (Å²) < 4.78 is 3.38. The predicted octanol–water partition coefficient (Wildman–Crippen LogP) is 1.18. The maximum atomic E-state index is 12.3. The van der Waals surface area contributed by atoms with Gasteiger partial charge in [-0.2, -0.15) is 5.10 Å². The first kappa shape index (κ1) is 14.5. The Balaban J connectivity index is 1.36. The zero-order valence-electron chi connectivity index (χ0n) is 13.3. The van der Waals surface area contributed by atoms with E-state index >= 15 is 0 Å². The molecule has 0 unspecified atom stereocenters. The van der Waals surface area contributed by atoms with Crippen LogP contribution in [0.3, 0.4) is 0 Å².